The van der Waals surface area contributed by atoms with E-state index >= 15 is 0 Å². The number of halogens is 2. The van der Waals surface area contributed by atoms with E-state index in [-0.39, 0.29) is 11.6 Å². The van der Waals surface area contributed by atoms with Gasteiger partial charge in [-0.15, -0.1) is 0 Å². The molecule has 20 heavy (non-hydrogen) atoms. The summed E-state index contributed by atoms with van der Waals surface area (Å²) in [5.41, 5.74) is 1.09. The molecular weight excluding hydrogens is 293 g/mol. The van der Waals surface area contributed by atoms with E-state index < -0.39 is 0 Å². The van der Waals surface area contributed by atoms with Crippen molar-refractivity contribution in [1.29, 1.82) is 0 Å². The van der Waals surface area contributed by atoms with Gasteiger partial charge in [-0.2, -0.15) is 0 Å². The van der Waals surface area contributed by atoms with E-state index in [0.717, 1.165) is 37.8 Å². The molecule has 1 aliphatic carbocycles. The summed E-state index contributed by atoms with van der Waals surface area (Å²) in [5, 5.41) is 4.87. The molecular formula is C16H23Cl2NO. The fourth-order valence-electron chi connectivity index (χ4n) is 2.83. The smallest absolute Gasteiger partial charge is 0.0697 e. The molecule has 1 atom stereocenters. The maximum atomic E-state index is 6.39. The molecule has 1 aromatic rings. The summed E-state index contributed by atoms with van der Waals surface area (Å²) in [7, 11) is 1.82. The molecule has 0 bridgehead atoms. The van der Waals surface area contributed by atoms with Crippen LogP contribution in [0.15, 0.2) is 18.2 Å². The molecule has 2 rings (SSSR count). The Morgan fingerprint density at radius 2 is 2.10 bits per heavy atom. The third-order valence-electron chi connectivity index (χ3n) is 4.27. The highest BCUT2D eigenvalue weighted by molar-refractivity contribution is 6.42. The first-order chi connectivity index (χ1) is 9.62. The summed E-state index contributed by atoms with van der Waals surface area (Å²) < 4.78 is 5.76. The molecule has 1 N–H and O–H groups in total. The molecule has 0 aromatic heterocycles. The van der Waals surface area contributed by atoms with Crippen molar-refractivity contribution >= 4 is 23.2 Å². The Morgan fingerprint density at radius 3 is 2.65 bits per heavy atom. The van der Waals surface area contributed by atoms with Crippen LogP contribution in [0.2, 0.25) is 10.0 Å². The third kappa shape index (κ3) is 3.48. The molecule has 0 amide bonds. The first-order valence-electron chi connectivity index (χ1n) is 7.34. The van der Waals surface area contributed by atoms with Crippen molar-refractivity contribution < 1.29 is 4.74 Å². The summed E-state index contributed by atoms with van der Waals surface area (Å²) in [6.45, 7) is 3.13. The van der Waals surface area contributed by atoms with E-state index in [9.17, 15) is 0 Å². The predicted molar refractivity (Wildman–Crippen MR) is 85.7 cm³/mol. The van der Waals surface area contributed by atoms with E-state index in [4.69, 9.17) is 27.9 Å². The Bertz CT molecular complexity index is 441. The van der Waals surface area contributed by atoms with Gasteiger partial charge >= 0.3 is 0 Å². The average molecular weight is 316 g/mol. The fraction of sp³-hybridized carbons (Fsp3) is 0.625. The van der Waals surface area contributed by atoms with E-state index in [0.29, 0.717) is 10.0 Å². The van der Waals surface area contributed by atoms with Gasteiger partial charge in [0, 0.05) is 13.2 Å². The van der Waals surface area contributed by atoms with Gasteiger partial charge in [-0.25, -0.2) is 0 Å². The largest absolute Gasteiger partial charge is 0.378 e. The topological polar surface area (TPSA) is 21.3 Å². The highest BCUT2D eigenvalue weighted by atomic mass is 35.5. The second-order valence-corrected chi connectivity index (χ2v) is 6.38. The maximum absolute atomic E-state index is 6.39. The van der Waals surface area contributed by atoms with Crippen LogP contribution >= 0.6 is 23.2 Å². The highest BCUT2D eigenvalue weighted by Gasteiger charge is 2.39. The first-order valence-corrected chi connectivity index (χ1v) is 8.10. The zero-order chi connectivity index (χ0) is 14.6. The summed E-state index contributed by atoms with van der Waals surface area (Å²) in [4.78, 5) is 0. The standard InChI is InChI=1S/C16H23Cl2NO/c1-3-10-19-14(11-16(20-2)8-5-9-16)12-6-4-7-13(17)15(12)18/h4,6-7,14,19H,3,5,8-11H2,1-2H3. The number of hydrogen-bond acceptors (Lipinski definition) is 2. The Hall–Kier alpha value is -0.280. The fourth-order valence-corrected chi connectivity index (χ4v) is 3.27. The summed E-state index contributed by atoms with van der Waals surface area (Å²) in [6.07, 6.45) is 5.55. The number of methoxy groups -OCH3 is 1. The summed E-state index contributed by atoms with van der Waals surface area (Å²) in [5.74, 6) is 0. The molecule has 1 saturated carbocycles. The first kappa shape index (κ1) is 16.1. The Balaban J connectivity index is 2.20. The molecule has 1 aliphatic rings. The number of hydrogen-bond donors (Lipinski definition) is 1. The molecule has 0 saturated heterocycles. The monoisotopic (exact) mass is 315 g/mol. The minimum Gasteiger partial charge on any atom is -0.378 e. The molecule has 1 aromatic carbocycles. The van der Waals surface area contributed by atoms with Crippen molar-refractivity contribution in [3.63, 3.8) is 0 Å². The molecule has 0 spiro atoms. The van der Waals surface area contributed by atoms with Crippen molar-refractivity contribution in [2.45, 2.75) is 50.7 Å². The van der Waals surface area contributed by atoms with Gasteiger partial charge < -0.3 is 10.1 Å². The maximum Gasteiger partial charge on any atom is 0.0697 e. The van der Waals surface area contributed by atoms with Crippen LogP contribution in [0.4, 0.5) is 0 Å². The van der Waals surface area contributed by atoms with Crippen LogP contribution in [0.3, 0.4) is 0 Å². The van der Waals surface area contributed by atoms with Crippen LogP contribution in [0.5, 0.6) is 0 Å². The van der Waals surface area contributed by atoms with Crippen molar-refractivity contribution in [3.8, 4) is 0 Å². The van der Waals surface area contributed by atoms with Crippen LogP contribution in [0, 0.1) is 0 Å². The Morgan fingerprint density at radius 1 is 1.35 bits per heavy atom. The number of nitrogens with one attached hydrogen (secondary N) is 1. The molecule has 1 unspecified atom stereocenters. The minimum atomic E-state index is 0.0110. The molecule has 1 fully saturated rings. The van der Waals surface area contributed by atoms with Crippen LogP contribution in [-0.2, 0) is 4.74 Å². The number of rotatable bonds is 7. The summed E-state index contributed by atoms with van der Waals surface area (Å²) >= 11 is 12.5. The van der Waals surface area contributed by atoms with Gasteiger partial charge in [0.2, 0.25) is 0 Å². The van der Waals surface area contributed by atoms with Crippen molar-refractivity contribution in [2.75, 3.05) is 13.7 Å². The van der Waals surface area contributed by atoms with Crippen LogP contribution < -0.4 is 5.32 Å². The second-order valence-electron chi connectivity index (χ2n) is 5.59. The second kappa shape index (κ2) is 7.13. The van der Waals surface area contributed by atoms with Gasteiger partial charge in [0.05, 0.1) is 15.6 Å². The lowest BCUT2D eigenvalue weighted by molar-refractivity contribution is -0.0838. The van der Waals surface area contributed by atoms with Gasteiger partial charge in [-0.1, -0.05) is 42.3 Å². The van der Waals surface area contributed by atoms with Crippen LogP contribution in [-0.4, -0.2) is 19.3 Å². The number of benzene rings is 1. The Labute approximate surface area is 131 Å². The average Bonchev–Trinajstić information content (AvgIpc) is 2.41. The van der Waals surface area contributed by atoms with Crippen molar-refractivity contribution in [3.05, 3.63) is 33.8 Å². The van der Waals surface area contributed by atoms with E-state index in [1.165, 1.54) is 6.42 Å². The third-order valence-corrected chi connectivity index (χ3v) is 5.11. The van der Waals surface area contributed by atoms with Crippen molar-refractivity contribution in [2.24, 2.45) is 0 Å². The zero-order valence-electron chi connectivity index (χ0n) is 12.2. The highest BCUT2D eigenvalue weighted by Crippen LogP contribution is 2.43. The molecule has 0 aliphatic heterocycles. The Kier molecular flexibility index (Phi) is 5.74. The summed E-state index contributed by atoms with van der Waals surface area (Å²) in [6, 6.07) is 6.05. The van der Waals surface area contributed by atoms with Gasteiger partial charge in [0.25, 0.3) is 0 Å². The van der Waals surface area contributed by atoms with Gasteiger partial charge in [-0.05, 0) is 50.3 Å². The lowest BCUT2D eigenvalue weighted by Gasteiger charge is -2.43. The SMILES string of the molecule is CCCNC(CC1(OC)CCC1)c1cccc(Cl)c1Cl. The molecule has 112 valence electrons. The molecule has 4 heteroatoms. The lowest BCUT2D eigenvalue weighted by atomic mass is 9.74. The molecule has 0 heterocycles. The van der Waals surface area contributed by atoms with Gasteiger partial charge in [0.1, 0.15) is 0 Å². The van der Waals surface area contributed by atoms with Crippen LogP contribution in [0.25, 0.3) is 0 Å². The van der Waals surface area contributed by atoms with Gasteiger partial charge in [-0.3, -0.25) is 0 Å². The predicted octanol–water partition coefficient (Wildman–Crippen LogP) is 4.99. The quantitative estimate of drug-likeness (QED) is 0.765. The van der Waals surface area contributed by atoms with Crippen LogP contribution in [0.1, 0.15) is 50.6 Å². The minimum absolute atomic E-state index is 0.0110. The normalized spacial score (nSPS) is 18.6. The van der Waals surface area contributed by atoms with E-state index in [1.54, 1.807) is 0 Å². The van der Waals surface area contributed by atoms with E-state index in [1.807, 2.05) is 19.2 Å². The number of ether oxygens (including phenoxy) is 1. The lowest BCUT2D eigenvalue weighted by Crippen LogP contribution is -2.43. The van der Waals surface area contributed by atoms with E-state index in [2.05, 4.69) is 18.3 Å². The zero-order valence-corrected chi connectivity index (χ0v) is 13.7. The van der Waals surface area contributed by atoms with Gasteiger partial charge in [0.15, 0.2) is 0 Å². The molecule has 2 nitrogen and oxygen atoms in total. The molecule has 0 radical (unpaired) electrons. The van der Waals surface area contributed by atoms with Crippen molar-refractivity contribution in [1.82, 2.24) is 5.32 Å².